The highest BCUT2D eigenvalue weighted by Gasteiger charge is 2.28. The first-order chi connectivity index (χ1) is 15.8. The topological polar surface area (TPSA) is 103 Å². The number of oxazole rings is 1. The first kappa shape index (κ1) is 21.1. The molecule has 0 radical (unpaired) electrons. The largest absolute Gasteiger partial charge is 0.449 e. The Balaban J connectivity index is 1.62. The number of amides is 1. The molecule has 1 amide bonds. The molecule has 0 saturated carbocycles. The highest BCUT2D eigenvalue weighted by molar-refractivity contribution is 5.97. The van der Waals surface area contributed by atoms with Gasteiger partial charge in [0.15, 0.2) is 11.7 Å². The number of aryl methyl sites for hydroxylation is 1. The molecule has 170 valence electrons. The van der Waals surface area contributed by atoms with Gasteiger partial charge in [-0.2, -0.15) is 0 Å². The summed E-state index contributed by atoms with van der Waals surface area (Å²) in [6, 6.07) is 7.81. The van der Waals surface area contributed by atoms with Crippen LogP contribution in [-0.4, -0.2) is 37.5 Å². The number of hydrogen-bond acceptors (Lipinski definition) is 6. The number of primary amides is 1. The quantitative estimate of drug-likeness (QED) is 0.494. The fraction of sp³-hybridized carbons (Fsp3) is 0.333. The Bertz CT molecular complexity index is 1330. The lowest BCUT2D eigenvalue weighted by Gasteiger charge is -2.27. The summed E-state index contributed by atoms with van der Waals surface area (Å²) in [6.07, 6.45) is 5.60. The van der Waals surface area contributed by atoms with Gasteiger partial charge in [0.1, 0.15) is 23.4 Å². The van der Waals surface area contributed by atoms with E-state index in [-0.39, 0.29) is 11.1 Å². The molecule has 5 rings (SSSR count). The maximum absolute atomic E-state index is 15.1. The van der Waals surface area contributed by atoms with Crippen molar-refractivity contribution >= 4 is 22.8 Å². The van der Waals surface area contributed by atoms with Crippen molar-refractivity contribution < 1.29 is 13.6 Å². The maximum atomic E-state index is 15.1. The number of halogens is 1. The Morgan fingerprint density at radius 2 is 1.94 bits per heavy atom. The molecule has 1 saturated heterocycles. The van der Waals surface area contributed by atoms with E-state index in [0.29, 0.717) is 41.6 Å². The lowest BCUT2D eigenvalue weighted by Crippen LogP contribution is -2.33. The Morgan fingerprint density at radius 1 is 1.18 bits per heavy atom. The van der Waals surface area contributed by atoms with Crippen LogP contribution in [-0.2, 0) is 6.54 Å². The van der Waals surface area contributed by atoms with Crippen molar-refractivity contribution in [3.8, 4) is 11.4 Å². The van der Waals surface area contributed by atoms with Gasteiger partial charge in [-0.3, -0.25) is 4.79 Å². The third-order valence-corrected chi connectivity index (χ3v) is 6.33. The zero-order valence-electron chi connectivity index (χ0n) is 18.7. The molecule has 0 aliphatic carbocycles. The number of aromatic nitrogens is 4. The summed E-state index contributed by atoms with van der Waals surface area (Å²) in [4.78, 5) is 27.6. The van der Waals surface area contributed by atoms with E-state index in [2.05, 4.69) is 28.7 Å². The molecular weight excluding hydrogens is 423 g/mol. The molecule has 33 heavy (non-hydrogen) atoms. The monoisotopic (exact) mass is 448 g/mol. The maximum Gasteiger partial charge on any atom is 0.251 e. The number of nitrogens with zero attached hydrogens (tertiary/aromatic N) is 5. The Hall–Kier alpha value is -3.75. The molecule has 0 spiro atoms. The molecule has 1 fully saturated rings. The number of anilines is 1. The number of rotatable bonds is 5. The van der Waals surface area contributed by atoms with Gasteiger partial charge >= 0.3 is 0 Å². The van der Waals surface area contributed by atoms with Gasteiger partial charge in [0.2, 0.25) is 0 Å². The summed E-state index contributed by atoms with van der Waals surface area (Å²) in [5.41, 5.74) is 7.15. The van der Waals surface area contributed by atoms with Gasteiger partial charge in [0.25, 0.3) is 5.91 Å². The molecule has 3 aromatic heterocycles. The van der Waals surface area contributed by atoms with Gasteiger partial charge in [0, 0.05) is 30.8 Å². The fourth-order valence-electron chi connectivity index (χ4n) is 4.69. The third-order valence-electron chi connectivity index (χ3n) is 6.33. The van der Waals surface area contributed by atoms with E-state index in [9.17, 15) is 4.79 Å². The molecule has 0 unspecified atom stereocenters. The van der Waals surface area contributed by atoms with Crippen molar-refractivity contribution in [2.24, 2.45) is 5.73 Å². The first-order valence-electron chi connectivity index (χ1n) is 11.0. The molecule has 8 nitrogen and oxygen atoms in total. The summed E-state index contributed by atoms with van der Waals surface area (Å²) in [5, 5.41) is 0. The van der Waals surface area contributed by atoms with E-state index >= 15 is 4.39 Å². The molecule has 1 aromatic carbocycles. The minimum atomic E-state index is -0.836. The fourth-order valence-corrected chi connectivity index (χ4v) is 4.69. The van der Waals surface area contributed by atoms with Crippen molar-refractivity contribution in [1.82, 2.24) is 19.5 Å². The van der Waals surface area contributed by atoms with Crippen LogP contribution in [0.4, 0.5) is 10.2 Å². The van der Waals surface area contributed by atoms with Crippen molar-refractivity contribution in [3.63, 3.8) is 0 Å². The number of carbonyl (C=O) groups excluding carboxylic acids is 1. The van der Waals surface area contributed by atoms with Crippen LogP contribution in [0.15, 0.2) is 41.1 Å². The van der Waals surface area contributed by atoms with Crippen LogP contribution < -0.4 is 10.6 Å². The number of fused-ring (bicyclic) bond motifs is 1. The Morgan fingerprint density at radius 3 is 2.55 bits per heavy atom. The van der Waals surface area contributed by atoms with Crippen LogP contribution in [0.5, 0.6) is 0 Å². The normalized spacial score (nSPS) is 18.4. The average Bonchev–Trinajstić information content (AvgIpc) is 3.46. The predicted molar refractivity (Wildman–Crippen MR) is 122 cm³/mol. The summed E-state index contributed by atoms with van der Waals surface area (Å²) in [6.45, 7) is 6.49. The average molecular weight is 449 g/mol. The second-order valence-electron chi connectivity index (χ2n) is 8.63. The lowest BCUT2D eigenvalue weighted by molar-refractivity contribution is 0.0996. The van der Waals surface area contributed by atoms with E-state index in [0.717, 1.165) is 24.2 Å². The third kappa shape index (κ3) is 3.63. The molecule has 9 heteroatoms. The van der Waals surface area contributed by atoms with Crippen LogP contribution in [0.2, 0.25) is 0 Å². The lowest BCUT2D eigenvalue weighted by atomic mass is 10.1. The summed E-state index contributed by atoms with van der Waals surface area (Å²) >= 11 is 0. The summed E-state index contributed by atoms with van der Waals surface area (Å²) in [7, 11) is 0. The predicted octanol–water partition coefficient (Wildman–Crippen LogP) is 4.06. The molecule has 4 aromatic rings. The Labute approximate surface area is 190 Å². The van der Waals surface area contributed by atoms with E-state index in [1.165, 1.54) is 6.07 Å². The van der Waals surface area contributed by atoms with Gasteiger partial charge in [-0.05, 0) is 51.0 Å². The second kappa shape index (κ2) is 7.99. The van der Waals surface area contributed by atoms with E-state index in [1.807, 2.05) is 16.7 Å². The van der Waals surface area contributed by atoms with Crippen LogP contribution in [0.1, 0.15) is 48.6 Å². The van der Waals surface area contributed by atoms with Crippen LogP contribution in [0, 0.1) is 12.7 Å². The SMILES string of the molecule is Cc1nc(Cn2c(-c3ccc(N4[C@@H](C)CC[C@@H]4C)nc3)nc3c(F)c(C(N)=O)ccc32)co1. The van der Waals surface area contributed by atoms with Crippen molar-refractivity contribution in [1.29, 1.82) is 0 Å². The van der Waals surface area contributed by atoms with Gasteiger partial charge in [-0.25, -0.2) is 19.3 Å². The number of benzene rings is 1. The van der Waals surface area contributed by atoms with Gasteiger partial charge in [-0.1, -0.05) is 0 Å². The number of pyridine rings is 1. The zero-order chi connectivity index (χ0) is 23.3. The number of imidazole rings is 1. The molecule has 4 heterocycles. The van der Waals surface area contributed by atoms with Crippen LogP contribution in [0.25, 0.3) is 22.4 Å². The van der Waals surface area contributed by atoms with Crippen LogP contribution in [0.3, 0.4) is 0 Å². The number of hydrogen-bond donors (Lipinski definition) is 1. The molecule has 1 aliphatic rings. The van der Waals surface area contributed by atoms with Crippen molar-refractivity contribution in [2.45, 2.75) is 52.2 Å². The Kier molecular flexibility index (Phi) is 5.11. The van der Waals surface area contributed by atoms with Crippen molar-refractivity contribution in [3.05, 3.63) is 59.7 Å². The van der Waals surface area contributed by atoms with Gasteiger partial charge < -0.3 is 19.6 Å². The van der Waals surface area contributed by atoms with Crippen LogP contribution >= 0.6 is 0 Å². The first-order valence-corrected chi connectivity index (χ1v) is 11.0. The van der Waals surface area contributed by atoms with E-state index < -0.39 is 11.7 Å². The molecule has 2 atom stereocenters. The zero-order valence-corrected chi connectivity index (χ0v) is 18.7. The summed E-state index contributed by atoms with van der Waals surface area (Å²) in [5.74, 6) is 0.400. The second-order valence-corrected chi connectivity index (χ2v) is 8.63. The number of carbonyl (C=O) groups is 1. The smallest absolute Gasteiger partial charge is 0.251 e. The highest BCUT2D eigenvalue weighted by Crippen LogP contribution is 2.32. The minimum absolute atomic E-state index is 0.0763. The molecule has 1 aliphatic heterocycles. The standard InChI is InChI=1S/C24H25FN6O2/c1-13-4-5-14(2)31(13)20-9-6-16(10-27-20)24-29-22-19(8-7-18(21(22)25)23(26)32)30(24)11-17-12-33-15(3)28-17/h6-10,12-14H,4-5,11H2,1-3H3,(H2,26,32)/t13-,14-/m0/s1. The highest BCUT2D eigenvalue weighted by atomic mass is 19.1. The summed E-state index contributed by atoms with van der Waals surface area (Å²) < 4.78 is 22.3. The minimum Gasteiger partial charge on any atom is -0.449 e. The molecule has 0 bridgehead atoms. The van der Waals surface area contributed by atoms with E-state index in [1.54, 1.807) is 25.5 Å². The van der Waals surface area contributed by atoms with Gasteiger partial charge in [0.05, 0.1) is 23.3 Å². The molecule has 2 N–H and O–H groups in total. The van der Waals surface area contributed by atoms with E-state index in [4.69, 9.17) is 15.1 Å². The van der Waals surface area contributed by atoms with Crippen molar-refractivity contribution in [2.75, 3.05) is 4.90 Å². The van der Waals surface area contributed by atoms with Gasteiger partial charge in [-0.15, -0.1) is 0 Å². The number of nitrogens with two attached hydrogens (primary N) is 1. The molecular formula is C24H25FN6O2.